The van der Waals surface area contributed by atoms with Crippen LogP contribution in [0, 0.1) is 0 Å². The molecule has 0 spiro atoms. The fraction of sp³-hybridized carbons (Fsp3) is 0.536. The van der Waals surface area contributed by atoms with Gasteiger partial charge >= 0.3 is 0 Å². The third kappa shape index (κ3) is 5.95. The standard InChI is InChI=1S/C28H32Cl2F2N6O3/c1-17-24-18(12-19(29)13-20(24)30)2-6-38(17)26(39)23-16-37(10-11-40-23)22-15-33-14-21-25(22)41-27(35-21)34-5-9-36-7-3-28(31,32)4-8-36/h12-15,17,23H,2-11,16H2,1H3,(H,34,35)/t17-,23+/m0/s1. The highest BCUT2D eigenvalue weighted by atomic mass is 35.5. The number of alkyl halides is 2. The van der Waals surface area contributed by atoms with Gasteiger partial charge in [-0.15, -0.1) is 0 Å². The predicted octanol–water partition coefficient (Wildman–Crippen LogP) is 5.02. The lowest BCUT2D eigenvalue weighted by atomic mass is 9.93. The van der Waals surface area contributed by atoms with Crippen molar-refractivity contribution in [1.29, 1.82) is 0 Å². The summed E-state index contributed by atoms with van der Waals surface area (Å²) < 4.78 is 38.9. The normalized spacial score (nSPS) is 23.0. The van der Waals surface area contributed by atoms with Crippen molar-refractivity contribution in [3.8, 4) is 0 Å². The fourth-order valence-electron chi connectivity index (χ4n) is 5.97. The third-order valence-corrected chi connectivity index (χ3v) is 8.76. The van der Waals surface area contributed by atoms with E-state index in [0.717, 1.165) is 16.8 Å². The molecule has 2 saturated heterocycles. The zero-order valence-corrected chi connectivity index (χ0v) is 24.2. The van der Waals surface area contributed by atoms with Crippen molar-refractivity contribution in [3.05, 3.63) is 45.7 Å². The smallest absolute Gasteiger partial charge is 0.295 e. The van der Waals surface area contributed by atoms with E-state index in [-0.39, 0.29) is 24.8 Å². The van der Waals surface area contributed by atoms with Crippen molar-refractivity contribution in [2.45, 2.75) is 44.3 Å². The number of fused-ring (bicyclic) bond motifs is 2. The molecule has 1 aromatic carbocycles. The summed E-state index contributed by atoms with van der Waals surface area (Å²) in [4.78, 5) is 28.4. The van der Waals surface area contributed by atoms with Crippen molar-refractivity contribution in [2.75, 3.05) is 62.6 Å². The van der Waals surface area contributed by atoms with Gasteiger partial charge in [-0.25, -0.2) is 8.78 Å². The van der Waals surface area contributed by atoms with Gasteiger partial charge in [-0.3, -0.25) is 9.78 Å². The number of nitrogens with one attached hydrogen (secondary N) is 1. The molecule has 1 N–H and O–H groups in total. The minimum Gasteiger partial charge on any atom is -0.421 e. The lowest BCUT2D eigenvalue weighted by Gasteiger charge is -2.40. The summed E-state index contributed by atoms with van der Waals surface area (Å²) in [6.07, 6.45) is 3.13. The van der Waals surface area contributed by atoms with Gasteiger partial charge in [0.05, 0.1) is 31.6 Å². The lowest BCUT2D eigenvalue weighted by Crippen LogP contribution is -2.53. The van der Waals surface area contributed by atoms with Gasteiger partial charge in [0.15, 0.2) is 11.7 Å². The molecule has 6 rings (SSSR count). The van der Waals surface area contributed by atoms with E-state index in [4.69, 9.17) is 32.4 Å². The number of carbonyl (C=O) groups excluding carboxylic acids is 1. The molecule has 0 radical (unpaired) electrons. The molecule has 0 unspecified atom stereocenters. The molecule has 41 heavy (non-hydrogen) atoms. The largest absolute Gasteiger partial charge is 0.421 e. The topological polar surface area (TPSA) is 87.0 Å². The molecular weight excluding hydrogens is 577 g/mol. The number of oxazole rings is 1. The maximum atomic E-state index is 13.7. The highest BCUT2D eigenvalue weighted by molar-refractivity contribution is 6.35. The Hall–Kier alpha value is -2.73. The van der Waals surface area contributed by atoms with Crippen LogP contribution in [0.25, 0.3) is 11.1 Å². The molecule has 5 heterocycles. The van der Waals surface area contributed by atoms with E-state index in [1.54, 1.807) is 18.5 Å². The van der Waals surface area contributed by atoms with Gasteiger partial charge in [-0.1, -0.05) is 23.2 Å². The van der Waals surface area contributed by atoms with Crippen LogP contribution in [0.3, 0.4) is 0 Å². The maximum Gasteiger partial charge on any atom is 0.295 e. The Bertz CT molecular complexity index is 1430. The molecule has 0 aliphatic carbocycles. The van der Waals surface area contributed by atoms with Gasteiger partial charge < -0.3 is 29.2 Å². The van der Waals surface area contributed by atoms with Crippen molar-refractivity contribution >= 4 is 51.9 Å². The third-order valence-electron chi connectivity index (χ3n) is 8.22. The molecule has 2 aromatic heterocycles. The number of anilines is 2. The Morgan fingerprint density at radius 3 is 2.78 bits per heavy atom. The van der Waals surface area contributed by atoms with Crippen LogP contribution in [0.5, 0.6) is 0 Å². The first-order valence-corrected chi connectivity index (χ1v) is 14.7. The minimum atomic E-state index is -2.56. The van der Waals surface area contributed by atoms with E-state index in [2.05, 4.69) is 15.3 Å². The minimum absolute atomic E-state index is 0.0885. The second-order valence-corrected chi connectivity index (χ2v) is 11.7. The Morgan fingerprint density at radius 1 is 1.17 bits per heavy atom. The van der Waals surface area contributed by atoms with E-state index >= 15 is 0 Å². The van der Waals surface area contributed by atoms with Gasteiger partial charge in [0.25, 0.3) is 17.8 Å². The summed E-state index contributed by atoms with van der Waals surface area (Å²) in [6.45, 7) is 5.68. The van der Waals surface area contributed by atoms with Gasteiger partial charge in [0, 0.05) is 62.2 Å². The Labute approximate surface area is 246 Å². The molecule has 220 valence electrons. The number of morpholine rings is 1. The molecule has 3 aromatic rings. The number of halogens is 4. The second kappa shape index (κ2) is 11.5. The van der Waals surface area contributed by atoms with E-state index in [1.807, 2.05) is 27.7 Å². The quantitative estimate of drug-likeness (QED) is 0.417. The predicted molar refractivity (Wildman–Crippen MR) is 153 cm³/mol. The average Bonchev–Trinajstić information content (AvgIpc) is 3.36. The van der Waals surface area contributed by atoms with E-state index in [9.17, 15) is 13.6 Å². The lowest BCUT2D eigenvalue weighted by molar-refractivity contribution is -0.147. The van der Waals surface area contributed by atoms with Crippen LogP contribution in [0.15, 0.2) is 28.9 Å². The molecule has 3 aliphatic heterocycles. The number of benzene rings is 1. The number of pyridine rings is 1. The number of amides is 1. The zero-order valence-electron chi connectivity index (χ0n) is 22.7. The maximum absolute atomic E-state index is 13.7. The molecule has 2 fully saturated rings. The molecular formula is C28H32Cl2F2N6O3. The number of hydrogen-bond donors (Lipinski definition) is 1. The fourth-order valence-corrected chi connectivity index (χ4v) is 6.67. The molecule has 2 atom stereocenters. The van der Waals surface area contributed by atoms with Crippen LogP contribution < -0.4 is 10.2 Å². The number of rotatable bonds is 6. The van der Waals surface area contributed by atoms with Crippen LogP contribution in [0.2, 0.25) is 10.0 Å². The molecule has 9 nitrogen and oxygen atoms in total. The summed E-state index contributed by atoms with van der Waals surface area (Å²) in [5, 5.41) is 4.32. The van der Waals surface area contributed by atoms with Crippen LogP contribution in [-0.2, 0) is 16.0 Å². The molecule has 0 saturated carbocycles. The molecule has 3 aliphatic rings. The highest BCUT2D eigenvalue weighted by Gasteiger charge is 2.37. The van der Waals surface area contributed by atoms with Crippen molar-refractivity contribution < 1.29 is 22.7 Å². The van der Waals surface area contributed by atoms with Crippen molar-refractivity contribution in [1.82, 2.24) is 19.8 Å². The van der Waals surface area contributed by atoms with Crippen molar-refractivity contribution in [2.24, 2.45) is 0 Å². The number of piperidine rings is 1. The van der Waals surface area contributed by atoms with Gasteiger partial charge in [-0.05, 0) is 36.6 Å². The van der Waals surface area contributed by atoms with E-state index < -0.39 is 12.0 Å². The summed E-state index contributed by atoms with van der Waals surface area (Å²) in [5.74, 6) is -2.65. The van der Waals surface area contributed by atoms with E-state index in [1.165, 1.54) is 0 Å². The first-order valence-electron chi connectivity index (χ1n) is 13.9. The monoisotopic (exact) mass is 608 g/mol. The Balaban J connectivity index is 1.12. The Morgan fingerprint density at radius 2 is 1.98 bits per heavy atom. The first kappa shape index (κ1) is 28.4. The number of hydrogen-bond acceptors (Lipinski definition) is 8. The number of carbonyl (C=O) groups is 1. The van der Waals surface area contributed by atoms with Gasteiger partial charge in [0.1, 0.15) is 11.2 Å². The zero-order chi connectivity index (χ0) is 28.7. The van der Waals surface area contributed by atoms with Gasteiger partial charge in [0.2, 0.25) is 0 Å². The van der Waals surface area contributed by atoms with E-state index in [0.29, 0.717) is 86.0 Å². The van der Waals surface area contributed by atoms with Crippen LogP contribution in [0.4, 0.5) is 20.5 Å². The average molecular weight is 610 g/mol. The number of ether oxygens (including phenoxy) is 1. The second-order valence-electron chi connectivity index (χ2n) is 10.9. The summed E-state index contributed by atoms with van der Waals surface area (Å²) in [7, 11) is 0. The molecule has 13 heteroatoms. The number of nitrogens with zero attached hydrogens (tertiary/aromatic N) is 5. The van der Waals surface area contributed by atoms with Crippen LogP contribution in [0.1, 0.15) is 36.9 Å². The molecule has 1 amide bonds. The van der Waals surface area contributed by atoms with Gasteiger partial charge in [-0.2, -0.15) is 4.98 Å². The summed E-state index contributed by atoms with van der Waals surface area (Å²) in [5.41, 5.74) is 3.88. The Kier molecular flexibility index (Phi) is 7.97. The number of likely N-dealkylation sites (tertiary alicyclic amines) is 1. The highest BCUT2D eigenvalue weighted by Crippen LogP contribution is 2.38. The molecule has 0 bridgehead atoms. The van der Waals surface area contributed by atoms with Crippen LogP contribution in [-0.4, -0.2) is 90.1 Å². The summed E-state index contributed by atoms with van der Waals surface area (Å²) in [6, 6.07) is 3.77. The van der Waals surface area contributed by atoms with Crippen LogP contribution >= 0.6 is 23.2 Å². The first-order chi connectivity index (χ1) is 19.7. The van der Waals surface area contributed by atoms with Crippen molar-refractivity contribution in [3.63, 3.8) is 0 Å². The number of aromatic nitrogens is 2. The SMILES string of the molecule is C[C@H]1c2c(Cl)cc(Cl)cc2CCN1C(=O)[C@H]1CN(c2cncc3nc(NCCN4CCC(F)(F)CC4)oc23)CCO1. The summed E-state index contributed by atoms with van der Waals surface area (Å²) >= 11 is 12.7.